The Kier molecular flexibility index (Phi) is 2.61. The third-order valence-corrected chi connectivity index (χ3v) is 3.22. The lowest BCUT2D eigenvalue weighted by Crippen LogP contribution is -2.13. The summed E-state index contributed by atoms with van der Waals surface area (Å²) in [6.45, 7) is -0.647. The molecule has 0 amide bonds. The van der Waals surface area contributed by atoms with Crippen LogP contribution in [0.4, 0.5) is 8.78 Å². The Labute approximate surface area is 107 Å². The highest BCUT2D eigenvalue weighted by molar-refractivity contribution is 5.48. The Balaban J connectivity index is 2.12. The summed E-state index contributed by atoms with van der Waals surface area (Å²) in [5, 5.41) is 18.0. The normalized spacial score (nSPS) is 15.5. The summed E-state index contributed by atoms with van der Waals surface area (Å²) in [5.74, 6) is 0.504. The minimum absolute atomic E-state index is 0.0360. The zero-order chi connectivity index (χ0) is 13.7. The van der Waals surface area contributed by atoms with Crippen LogP contribution in [0.25, 0.3) is 11.6 Å². The smallest absolute Gasteiger partial charge is 0.321 e. The number of alkyl halides is 2. The van der Waals surface area contributed by atoms with Crippen LogP contribution in [-0.4, -0.2) is 34.6 Å². The molecular weight excluding hydrogens is 258 g/mol. The average molecular weight is 270 g/mol. The molecule has 9 heteroatoms. The summed E-state index contributed by atoms with van der Waals surface area (Å²) >= 11 is 0. The maximum absolute atomic E-state index is 13.0. The summed E-state index contributed by atoms with van der Waals surface area (Å²) in [6, 6.07) is 0. The van der Waals surface area contributed by atoms with Gasteiger partial charge < -0.3 is 9.77 Å². The molecule has 0 bridgehead atoms. The maximum Gasteiger partial charge on any atom is 0.321 e. The fraction of sp³-hybridized carbons (Fsp3) is 0.500. The molecule has 7 nitrogen and oxygen atoms in total. The number of aryl methyl sites for hydroxylation is 1. The monoisotopic (exact) mass is 270 g/mol. The summed E-state index contributed by atoms with van der Waals surface area (Å²) in [4.78, 5) is 4.27. The second kappa shape index (κ2) is 4.07. The highest BCUT2D eigenvalue weighted by atomic mass is 19.3. The van der Waals surface area contributed by atoms with Crippen LogP contribution >= 0.6 is 0 Å². The molecule has 0 atom stereocenters. The number of aromatic nitrogens is 5. The summed E-state index contributed by atoms with van der Waals surface area (Å²) < 4.78 is 28.4. The zero-order valence-electron chi connectivity index (χ0n) is 10.4. The molecule has 0 aromatic carbocycles. The van der Waals surface area contributed by atoms with Gasteiger partial charge in [-0.05, 0) is 6.92 Å². The van der Waals surface area contributed by atoms with Crippen molar-refractivity contribution < 1.29 is 14.0 Å². The van der Waals surface area contributed by atoms with Gasteiger partial charge >= 0.3 is 6.55 Å². The van der Waals surface area contributed by atoms with E-state index < -0.39 is 6.55 Å². The SMILES string of the molecule is Cc1nnc(-c2nc3c(n2C)CN(O)C3)n1C(F)F. The van der Waals surface area contributed by atoms with E-state index in [0.29, 0.717) is 18.1 Å². The van der Waals surface area contributed by atoms with E-state index in [-0.39, 0.29) is 18.2 Å². The van der Waals surface area contributed by atoms with Crippen LogP contribution in [0.1, 0.15) is 23.8 Å². The topological polar surface area (TPSA) is 72.0 Å². The molecule has 0 saturated heterocycles. The molecule has 3 heterocycles. The molecule has 102 valence electrons. The van der Waals surface area contributed by atoms with E-state index in [1.807, 2.05) is 0 Å². The lowest BCUT2D eigenvalue weighted by molar-refractivity contribution is -0.0984. The lowest BCUT2D eigenvalue weighted by atomic mass is 10.4. The highest BCUT2D eigenvalue weighted by Gasteiger charge is 2.28. The largest absolute Gasteiger partial charge is 0.327 e. The number of rotatable bonds is 2. The van der Waals surface area contributed by atoms with Crippen LogP contribution < -0.4 is 0 Å². The van der Waals surface area contributed by atoms with E-state index in [9.17, 15) is 14.0 Å². The molecule has 0 fully saturated rings. The standard InChI is InChI=1S/C10H12F2N6O/c1-5-14-15-9(18(5)10(11)12)8-13-6-3-17(19)4-7(6)16(8)2/h10,19H,3-4H2,1-2H3. The van der Waals surface area contributed by atoms with Crippen molar-refractivity contribution >= 4 is 0 Å². The first-order valence-corrected chi connectivity index (χ1v) is 5.67. The first-order valence-electron chi connectivity index (χ1n) is 5.67. The Bertz CT molecular complexity index is 634. The van der Waals surface area contributed by atoms with E-state index in [0.717, 1.165) is 15.3 Å². The number of hydrogen-bond donors (Lipinski definition) is 1. The van der Waals surface area contributed by atoms with Gasteiger partial charge in [-0.25, -0.2) is 9.55 Å². The van der Waals surface area contributed by atoms with Gasteiger partial charge in [-0.3, -0.25) is 0 Å². The van der Waals surface area contributed by atoms with Gasteiger partial charge in [0.05, 0.1) is 24.5 Å². The van der Waals surface area contributed by atoms with E-state index in [1.165, 1.54) is 6.92 Å². The van der Waals surface area contributed by atoms with Crippen molar-refractivity contribution in [2.75, 3.05) is 0 Å². The quantitative estimate of drug-likeness (QED) is 0.884. The molecule has 19 heavy (non-hydrogen) atoms. The first-order chi connectivity index (χ1) is 8.99. The van der Waals surface area contributed by atoms with Crippen LogP contribution in [0.5, 0.6) is 0 Å². The van der Waals surface area contributed by atoms with Crippen molar-refractivity contribution in [3.8, 4) is 11.6 Å². The Hall–Kier alpha value is -1.87. The van der Waals surface area contributed by atoms with Crippen molar-refractivity contribution in [2.45, 2.75) is 26.6 Å². The lowest BCUT2D eigenvalue weighted by Gasteiger charge is -2.09. The fourth-order valence-corrected chi connectivity index (χ4v) is 2.27. The molecule has 3 rings (SSSR count). The van der Waals surface area contributed by atoms with Crippen LogP contribution in [0.2, 0.25) is 0 Å². The Morgan fingerprint density at radius 2 is 1.95 bits per heavy atom. The van der Waals surface area contributed by atoms with Crippen molar-refractivity contribution in [3.63, 3.8) is 0 Å². The van der Waals surface area contributed by atoms with Crippen molar-refractivity contribution in [3.05, 3.63) is 17.2 Å². The molecule has 0 unspecified atom stereocenters. The van der Waals surface area contributed by atoms with E-state index in [2.05, 4.69) is 15.2 Å². The predicted molar refractivity (Wildman–Crippen MR) is 59.2 cm³/mol. The molecule has 0 saturated carbocycles. The number of fused-ring (bicyclic) bond motifs is 1. The predicted octanol–water partition coefficient (Wildman–Crippen LogP) is 1.09. The maximum atomic E-state index is 13.0. The first kappa shape index (κ1) is 12.2. The van der Waals surface area contributed by atoms with Crippen molar-refractivity contribution in [1.82, 2.24) is 29.4 Å². The Morgan fingerprint density at radius 1 is 1.21 bits per heavy atom. The molecule has 2 aromatic rings. The van der Waals surface area contributed by atoms with Crippen molar-refractivity contribution in [1.29, 1.82) is 0 Å². The van der Waals surface area contributed by atoms with Crippen LogP contribution in [0.15, 0.2) is 0 Å². The van der Waals surface area contributed by atoms with Gasteiger partial charge in [0.1, 0.15) is 5.82 Å². The van der Waals surface area contributed by atoms with E-state index >= 15 is 0 Å². The van der Waals surface area contributed by atoms with Crippen LogP contribution in [-0.2, 0) is 20.1 Å². The number of halogens is 2. The van der Waals surface area contributed by atoms with Gasteiger partial charge in [0.15, 0.2) is 5.82 Å². The van der Waals surface area contributed by atoms with E-state index in [1.54, 1.807) is 11.6 Å². The third kappa shape index (κ3) is 1.73. The summed E-state index contributed by atoms with van der Waals surface area (Å²) in [5.41, 5.74) is 1.46. The summed E-state index contributed by atoms with van der Waals surface area (Å²) in [6.07, 6.45) is 0. The third-order valence-electron chi connectivity index (χ3n) is 3.22. The molecular formula is C10H12F2N6O. The van der Waals surface area contributed by atoms with Crippen LogP contribution in [0.3, 0.4) is 0 Å². The molecule has 2 aromatic heterocycles. The van der Waals surface area contributed by atoms with Gasteiger partial charge in [0.25, 0.3) is 0 Å². The number of hydroxylamine groups is 2. The van der Waals surface area contributed by atoms with Gasteiger partial charge in [-0.15, -0.1) is 10.2 Å². The van der Waals surface area contributed by atoms with Gasteiger partial charge in [0.2, 0.25) is 5.82 Å². The van der Waals surface area contributed by atoms with Gasteiger partial charge in [-0.2, -0.15) is 13.8 Å². The molecule has 0 radical (unpaired) electrons. The fourth-order valence-electron chi connectivity index (χ4n) is 2.27. The van der Waals surface area contributed by atoms with Crippen LogP contribution in [0, 0.1) is 6.92 Å². The molecule has 1 aliphatic heterocycles. The van der Waals surface area contributed by atoms with Crippen molar-refractivity contribution in [2.24, 2.45) is 7.05 Å². The molecule has 1 aliphatic rings. The van der Waals surface area contributed by atoms with E-state index in [4.69, 9.17) is 0 Å². The minimum atomic E-state index is -2.72. The van der Waals surface area contributed by atoms with Gasteiger partial charge in [0, 0.05) is 7.05 Å². The zero-order valence-corrected chi connectivity index (χ0v) is 10.4. The second-order valence-corrected chi connectivity index (χ2v) is 4.43. The second-order valence-electron chi connectivity index (χ2n) is 4.43. The summed E-state index contributed by atoms with van der Waals surface area (Å²) in [7, 11) is 1.71. The molecule has 0 aliphatic carbocycles. The molecule has 0 spiro atoms. The average Bonchev–Trinajstić information content (AvgIpc) is 2.94. The Morgan fingerprint density at radius 3 is 2.58 bits per heavy atom. The number of hydrogen-bond acceptors (Lipinski definition) is 5. The number of imidazole rings is 1. The number of nitrogens with zero attached hydrogens (tertiary/aromatic N) is 6. The van der Waals surface area contributed by atoms with Gasteiger partial charge in [-0.1, -0.05) is 0 Å². The molecule has 1 N–H and O–H groups in total. The minimum Gasteiger partial charge on any atom is -0.327 e. The highest BCUT2D eigenvalue weighted by Crippen LogP contribution is 2.28.